The third kappa shape index (κ3) is 6.69. The van der Waals surface area contributed by atoms with E-state index in [-0.39, 0.29) is 18.3 Å². The van der Waals surface area contributed by atoms with Crippen LogP contribution in [0.2, 0.25) is 0 Å². The first-order valence-corrected chi connectivity index (χ1v) is 11.5. The second kappa shape index (κ2) is 10.5. The SMILES string of the molecule is CCC(CC)(NS(=O)(=O)CCCOCOC)c1ccc(F)c(OCC2CC2)c1. The molecule has 0 bridgehead atoms. The van der Waals surface area contributed by atoms with Crippen molar-refractivity contribution in [2.75, 3.05) is 32.9 Å². The normalized spacial score (nSPS) is 15.0. The second-order valence-corrected chi connectivity index (χ2v) is 9.12. The van der Waals surface area contributed by atoms with Crippen LogP contribution in [0.5, 0.6) is 5.75 Å². The summed E-state index contributed by atoms with van der Waals surface area (Å²) in [6.07, 6.45) is 3.67. The van der Waals surface area contributed by atoms with Crippen LogP contribution in [0.1, 0.15) is 51.5 Å². The quantitative estimate of drug-likeness (QED) is 0.370. The molecule has 0 radical (unpaired) electrons. The molecule has 1 aliphatic carbocycles. The lowest BCUT2D eigenvalue weighted by atomic mass is 9.86. The molecular weight excluding hydrogens is 385 g/mol. The molecule has 2 rings (SSSR count). The summed E-state index contributed by atoms with van der Waals surface area (Å²) in [7, 11) is -2.03. The number of methoxy groups -OCH3 is 1. The maximum atomic E-state index is 14.2. The fourth-order valence-electron chi connectivity index (χ4n) is 3.11. The molecule has 1 aromatic rings. The Morgan fingerprint density at radius 1 is 1.25 bits per heavy atom. The third-order valence-corrected chi connectivity index (χ3v) is 6.64. The molecular formula is C20H32FNO5S. The number of halogens is 1. The van der Waals surface area contributed by atoms with Crippen molar-refractivity contribution in [3.05, 3.63) is 29.6 Å². The molecule has 0 aliphatic heterocycles. The Kier molecular flexibility index (Phi) is 8.67. The molecule has 0 spiro atoms. The van der Waals surface area contributed by atoms with Crippen molar-refractivity contribution in [1.29, 1.82) is 0 Å². The molecule has 0 amide bonds. The maximum absolute atomic E-state index is 14.2. The van der Waals surface area contributed by atoms with Gasteiger partial charge in [0, 0.05) is 7.11 Å². The lowest BCUT2D eigenvalue weighted by molar-refractivity contribution is -0.0299. The summed E-state index contributed by atoms with van der Waals surface area (Å²) < 4.78 is 57.9. The van der Waals surface area contributed by atoms with Crippen molar-refractivity contribution in [1.82, 2.24) is 4.72 Å². The Hall–Kier alpha value is -1.22. The van der Waals surface area contributed by atoms with Crippen molar-refractivity contribution in [2.24, 2.45) is 5.92 Å². The minimum Gasteiger partial charge on any atom is -0.490 e. The zero-order valence-corrected chi connectivity index (χ0v) is 17.8. The van der Waals surface area contributed by atoms with Gasteiger partial charge in [0.1, 0.15) is 6.79 Å². The smallest absolute Gasteiger partial charge is 0.212 e. The molecule has 0 unspecified atom stereocenters. The van der Waals surface area contributed by atoms with Gasteiger partial charge in [-0.1, -0.05) is 19.9 Å². The van der Waals surface area contributed by atoms with Gasteiger partial charge in [0.15, 0.2) is 11.6 Å². The van der Waals surface area contributed by atoms with Gasteiger partial charge in [0.05, 0.1) is 24.5 Å². The monoisotopic (exact) mass is 417 g/mol. The van der Waals surface area contributed by atoms with Gasteiger partial charge >= 0.3 is 0 Å². The van der Waals surface area contributed by atoms with E-state index in [0.717, 1.165) is 12.8 Å². The molecule has 0 heterocycles. The predicted molar refractivity (Wildman–Crippen MR) is 106 cm³/mol. The van der Waals surface area contributed by atoms with Gasteiger partial charge in [-0.3, -0.25) is 0 Å². The molecule has 1 aliphatic rings. The van der Waals surface area contributed by atoms with E-state index < -0.39 is 21.4 Å². The first kappa shape index (κ1) is 23.1. The highest BCUT2D eigenvalue weighted by atomic mass is 32.2. The van der Waals surface area contributed by atoms with Crippen molar-refractivity contribution in [3.63, 3.8) is 0 Å². The lowest BCUT2D eigenvalue weighted by Gasteiger charge is -2.33. The van der Waals surface area contributed by atoms with E-state index in [4.69, 9.17) is 14.2 Å². The largest absolute Gasteiger partial charge is 0.490 e. The topological polar surface area (TPSA) is 73.9 Å². The number of rotatable bonds is 14. The fourth-order valence-corrected chi connectivity index (χ4v) is 4.71. The van der Waals surface area contributed by atoms with E-state index in [9.17, 15) is 12.8 Å². The standard InChI is InChI=1S/C20H32FNO5S/c1-4-20(5-2,22-28(23,24)12-6-11-26-15-25-3)17-9-10-18(21)19(13-17)27-14-16-7-8-16/h9-10,13,16,22H,4-8,11-12,14-15H2,1-3H3. The predicted octanol–water partition coefficient (Wildman–Crippen LogP) is 3.56. The molecule has 1 N–H and O–H groups in total. The Labute approximate surface area is 167 Å². The summed E-state index contributed by atoms with van der Waals surface area (Å²) in [5, 5.41) is 0. The first-order chi connectivity index (χ1) is 13.4. The van der Waals surface area contributed by atoms with Crippen LogP contribution in [0.15, 0.2) is 18.2 Å². The Morgan fingerprint density at radius 3 is 2.57 bits per heavy atom. The Balaban J connectivity index is 2.11. The molecule has 1 fully saturated rings. The summed E-state index contributed by atoms with van der Waals surface area (Å²) in [6, 6.07) is 4.62. The van der Waals surface area contributed by atoms with Crippen LogP contribution in [0.25, 0.3) is 0 Å². The maximum Gasteiger partial charge on any atom is 0.212 e. The van der Waals surface area contributed by atoms with Crippen molar-refractivity contribution in [3.8, 4) is 5.75 Å². The van der Waals surface area contributed by atoms with Crippen LogP contribution < -0.4 is 9.46 Å². The minimum absolute atomic E-state index is 0.0509. The Morgan fingerprint density at radius 2 is 1.96 bits per heavy atom. The molecule has 0 saturated heterocycles. The summed E-state index contributed by atoms with van der Waals surface area (Å²) >= 11 is 0. The van der Waals surface area contributed by atoms with Gasteiger partial charge in [0.2, 0.25) is 10.0 Å². The number of ether oxygens (including phenoxy) is 3. The number of nitrogens with one attached hydrogen (secondary N) is 1. The van der Waals surface area contributed by atoms with E-state index in [1.807, 2.05) is 13.8 Å². The molecule has 160 valence electrons. The van der Waals surface area contributed by atoms with Gasteiger partial charge in [-0.2, -0.15) is 0 Å². The van der Waals surface area contributed by atoms with Crippen molar-refractivity contribution < 1.29 is 27.0 Å². The zero-order valence-electron chi connectivity index (χ0n) is 17.0. The first-order valence-electron chi connectivity index (χ1n) is 9.87. The van der Waals surface area contributed by atoms with Gasteiger partial charge < -0.3 is 14.2 Å². The van der Waals surface area contributed by atoms with Crippen LogP contribution in [0.4, 0.5) is 4.39 Å². The van der Waals surface area contributed by atoms with Gasteiger partial charge in [-0.15, -0.1) is 0 Å². The third-order valence-electron chi connectivity index (χ3n) is 5.12. The number of benzene rings is 1. The van der Waals surface area contributed by atoms with Gasteiger partial charge in [-0.25, -0.2) is 17.5 Å². The number of hydrogen-bond acceptors (Lipinski definition) is 5. The van der Waals surface area contributed by atoms with Crippen molar-refractivity contribution >= 4 is 10.0 Å². The zero-order chi connectivity index (χ0) is 20.6. The Bertz CT molecular complexity index is 717. The van der Waals surface area contributed by atoms with E-state index in [2.05, 4.69) is 4.72 Å². The molecule has 1 saturated carbocycles. The molecule has 28 heavy (non-hydrogen) atoms. The molecule has 1 aromatic carbocycles. The highest BCUT2D eigenvalue weighted by molar-refractivity contribution is 7.89. The van der Waals surface area contributed by atoms with E-state index in [0.29, 0.717) is 44.0 Å². The van der Waals surface area contributed by atoms with Gasteiger partial charge in [0.25, 0.3) is 0 Å². The van der Waals surface area contributed by atoms with Crippen LogP contribution in [-0.4, -0.2) is 41.3 Å². The van der Waals surface area contributed by atoms with Crippen LogP contribution in [0, 0.1) is 11.7 Å². The van der Waals surface area contributed by atoms with E-state index in [1.165, 1.54) is 13.2 Å². The highest BCUT2D eigenvalue weighted by Crippen LogP contribution is 2.35. The molecule has 0 atom stereocenters. The average molecular weight is 418 g/mol. The van der Waals surface area contributed by atoms with Crippen LogP contribution in [0.3, 0.4) is 0 Å². The number of sulfonamides is 1. The second-order valence-electron chi connectivity index (χ2n) is 7.28. The lowest BCUT2D eigenvalue weighted by Crippen LogP contribution is -2.46. The summed E-state index contributed by atoms with van der Waals surface area (Å²) in [5.41, 5.74) is -0.0960. The van der Waals surface area contributed by atoms with Gasteiger partial charge in [-0.05, 0) is 55.7 Å². The van der Waals surface area contributed by atoms with Crippen LogP contribution in [-0.2, 0) is 25.0 Å². The summed E-state index contributed by atoms with van der Waals surface area (Å²) in [5.74, 6) is 0.209. The minimum atomic E-state index is -3.54. The fraction of sp³-hybridized carbons (Fsp3) is 0.700. The van der Waals surface area contributed by atoms with Crippen molar-refractivity contribution in [2.45, 2.75) is 51.5 Å². The van der Waals surface area contributed by atoms with Crippen LogP contribution >= 0.6 is 0 Å². The summed E-state index contributed by atoms with van der Waals surface area (Å²) in [6.45, 7) is 4.78. The average Bonchev–Trinajstić information content (AvgIpc) is 3.50. The van der Waals surface area contributed by atoms with E-state index in [1.54, 1.807) is 12.1 Å². The number of hydrogen-bond donors (Lipinski definition) is 1. The molecule has 0 aromatic heterocycles. The van der Waals surface area contributed by atoms with E-state index >= 15 is 0 Å². The molecule has 6 nitrogen and oxygen atoms in total. The summed E-state index contributed by atoms with van der Waals surface area (Å²) in [4.78, 5) is 0. The highest BCUT2D eigenvalue weighted by Gasteiger charge is 2.34. The molecule has 8 heteroatoms.